The third-order valence-corrected chi connectivity index (χ3v) is 3.60. The van der Waals surface area contributed by atoms with Crippen LogP contribution in [0.5, 0.6) is 5.75 Å². The second kappa shape index (κ2) is 9.92. The fourth-order valence-corrected chi connectivity index (χ4v) is 2.46. The van der Waals surface area contributed by atoms with Crippen molar-refractivity contribution in [2.45, 2.75) is 39.7 Å². The monoisotopic (exact) mass is 417 g/mol. The Morgan fingerprint density at radius 1 is 1.27 bits per heavy atom. The zero-order valence-corrected chi connectivity index (χ0v) is 16.2. The second-order valence-corrected chi connectivity index (χ2v) is 5.63. The van der Waals surface area contributed by atoms with Crippen molar-refractivity contribution in [2.75, 3.05) is 26.2 Å². The molecule has 0 spiro atoms. The van der Waals surface area contributed by atoms with Crippen molar-refractivity contribution >= 4 is 29.9 Å². The van der Waals surface area contributed by atoms with Crippen LogP contribution in [0.3, 0.4) is 0 Å². The molecule has 4 nitrogen and oxygen atoms in total. The van der Waals surface area contributed by atoms with Crippen molar-refractivity contribution in [3.63, 3.8) is 0 Å². The lowest BCUT2D eigenvalue weighted by Gasteiger charge is -2.21. The summed E-state index contributed by atoms with van der Waals surface area (Å²) < 4.78 is 5.91. The average molecular weight is 417 g/mol. The molecule has 0 aromatic heterocycles. The largest absolute Gasteiger partial charge is 0.489 e. The predicted molar refractivity (Wildman–Crippen MR) is 103 cm³/mol. The Bertz CT molecular complexity index is 455. The summed E-state index contributed by atoms with van der Waals surface area (Å²) in [6, 6.07) is 8.17. The molecule has 1 aliphatic rings. The lowest BCUT2D eigenvalue weighted by Crippen LogP contribution is -2.40. The fraction of sp³-hybridized carbons (Fsp3) is 0.588. The van der Waals surface area contributed by atoms with Gasteiger partial charge in [0, 0.05) is 19.6 Å². The number of likely N-dealkylation sites (tertiary alicyclic amines) is 1. The van der Waals surface area contributed by atoms with Gasteiger partial charge in [-0.1, -0.05) is 17.7 Å². The molecule has 1 fully saturated rings. The maximum Gasteiger partial charge on any atom is 0.194 e. The van der Waals surface area contributed by atoms with Gasteiger partial charge in [-0.05, 0) is 45.7 Å². The van der Waals surface area contributed by atoms with E-state index in [-0.39, 0.29) is 30.1 Å². The van der Waals surface area contributed by atoms with Gasteiger partial charge in [-0.2, -0.15) is 0 Å². The minimum Gasteiger partial charge on any atom is -0.489 e. The van der Waals surface area contributed by atoms with Gasteiger partial charge in [0.25, 0.3) is 0 Å². The van der Waals surface area contributed by atoms with E-state index in [0.717, 1.165) is 31.3 Å². The lowest BCUT2D eigenvalue weighted by molar-refractivity contribution is 0.229. The Kier molecular flexibility index (Phi) is 8.60. The highest BCUT2D eigenvalue weighted by Crippen LogP contribution is 2.13. The van der Waals surface area contributed by atoms with Gasteiger partial charge < -0.3 is 15.0 Å². The SMILES string of the molecule is CCNC(=NCC(C)Oc1ccc(C)cc1)N1CCCC1.I. The topological polar surface area (TPSA) is 36.9 Å². The average Bonchev–Trinajstić information content (AvgIpc) is 3.00. The molecule has 1 saturated heterocycles. The normalized spacial score (nSPS) is 16.1. The first-order valence-corrected chi connectivity index (χ1v) is 7.95. The van der Waals surface area contributed by atoms with E-state index in [1.54, 1.807) is 0 Å². The number of hydrogen-bond donors (Lipinski definition) is 1. The Morgan fingerprint density at radius 2 is 1.91 bits per heavy atom. The number of rotatable bonds is 5. The summed E-state index contributed by atoms with van der Waals surface area (Å²) in [6.45, 7) is 10.1. The van der Waals surface area contributed by atoms with Crippen LogP contribution in [0.4, 0.5) is 0 Å². The standard InChI is InChI=1S/C17H27N3O.HI/c1-4-18-17(20-11-5-6-12-20)19-13-15(3)21-16-9-7-14(2)8-10-16;/h7-10,15H,4-6,11-13H2,1-3H3,(H,18,19);1H. The van der Waals surface area contributed by atoms with Gasteiger partial charge in [0.2, 0.25) is 0 Å². The first-order valence-electron chi connectivity index (χ1n) is 7.95. The Balaban J connectivity index is 0.00000242. The molecule has 0 aliphatic carbocycles. The summed E-state index contributed by atoms with van der Waals surface area (Å²) in [5, 5.41) is 3.37. The highest BCUT2D eigenvalue weighted by atomic mass is 127. The molecule has 2 rings (SSSR count). The Hall–Kier alpha value is -0.980. The number of halogens is 1. The minimum atomic E-state index is 0. The molecule has 0 radical (unpaired) electrons. The highest BCUT2D eigenvalue weighted by molar-refractivity contribution is 14.0. The zero-order chi connectivity index (χ0) is 15.1. The highest BCUT2D eigenvalue weighted by Gasteiger charge is 2.15. The predicted octanol–water partition coefficient (Wildman–Crippen LogP) is 3.44. The molecular weight excluding hydrogens is 389 g/mol. The van der Waals surface area contributed by atoms with E-state index in [2.05, 4.69) is 43.1 Å². The van der Waals surface area contributed by atoms with Crippen LogP contribution in [-0.2, 0) is 0 Å². The van der Waals surface area contributed by atoms with Gasteiger partial charge >= 0.3 is 0 Å². The Labute approximate surface area is 151 Å². The number of aryl methyl sites for hydroxylation is 1. The van der Waals surface area contributed by atoms with Crippen LogP contribution in [-0.4, -0.2) is 43.1 Å². The van der Waals surface area contributed by atoms with Gasteiger partial charge in [-0.15, -0.1) is 24.0 Å². The molecule has 0 amide bonds. The van der Waals surface area contributed by atoms with E-state index in [1.165, 1.54) is 18.4 Å². The lowest BCUT2D eigenvalue weighted by atomic mass is 10.2. The summed E-state index contributed by atoms with van der Waals surface area (Å²) in [5.74, 6) is 1.93. The summed E-state index contributed by atoms with van der Waals surface area (Å²) in [4.78, 5) is 7.05. The smallest absolute Gasteiger partial charge is 0.194 e. The van der Waals surface area contributed by atoms with Crippen LogP contribution >= 0.6 is 24.0 Å². The molecule has 0 saturated carbocycles. The van der Waals surface area contributed by atoms with Crippen LogP contribution in [0.2, 0.25) is 0 Å². The van der Waals surface area contributed by atoms with Crippen LogP contribution in [0.15, 0.2) is 29.3 Å². The third-order valence-electron chi connectivity index (χ3n) is 3.60. The molecule has 22 heavy (non-hydrogen) atoms. The summed E-state index contributed by atoms with van der Waals surface area (Å²) in [7, 11) is 0. The van der Waals surface area contributed by atoms with Gasteiger partial charge in [0.05, 0.1) is 6.54 Å². The van der Waals surface area contributed by atoms with Gasteiger partial charge in [0.1, 0.15) is 11.9 Å². The van der Waals surface area contributed by atoms with E-state index >= 15 is 0 Å². The minimum absolute atomic E-state index is 0. The molecule has 0 bridgehead atoms. The van der Waals surface area contributed by atoms with E-state index in [1.807, 2.05) is 12.1 Å². The quantitative estimate of drug-likeness (QED) is 0.453. The number of guanidine groups is 1. The van der Waals surface area contributed by atoms with Crippen molar-refractivity contribution in [1.29, 1.82) is 0 Å². The molecule has 1 heterocycles. The maximum atomic E-state index is 5.91. The van der Waals surface area contributed by atoms with Gasteiger partial charge in [-0.3, -0.25) is 0 Å². The first-order chi connectivity index (χ1) is 10.2. The first kappa shape index (κ1) is 19.1. The van der Waals surface area contributed by atoms with Crippen molar-refractivity contribution < 1.29 is 4.74 Å². The molecule has 1 atom stereocenters. The van der Waals surface area contributed by atoms with E-state index in [4.69, 9.17) is 9.73 Å². The summed E-state index contributed by atoms with van der Waals surface area (Å²) in [6.07, 6.45) is 2.60. The van der Waals surface area contributed by atoms with Gasteiger partial charge in [0.15, 0.2) is 5.96 Å². The maximum absolute atomic E-state index is 5.91. The number of hydrogen-bond acceptors (Lipinski definition) is 2. The van der Waals surface area contributed by atoms with Crippen molar-refractivity contribution in [3.05, 3.63) is 29.8 Å². The zero-order valence-electron chi connectivity index (χ0n) is 13.8. The molecule has 1 N–H and O–H groups in total. The summed E-state index contributed by atoms with van der Waals surface area (Å²) >= 11 is 0. The van der Waals surface area contributed by atoms with Crippen molar-refractivity contribution in [1.82, 2.24) is 10.2 Å². The molecule has 1 aliphatic heterocycles. The number of nitrogens with one attached hydrogen (secondary N) is 1. The second-order valence-electron chi connectivity index (χ2n) is 5.63. The number of nitrogens with zero attached hydrogens (tertiary/aromatic N) is 2. The summed E-state index contributed by atoms with van der Waals surface area (Å²) in [5.41, 5.74) is 1.25. The molecule has 1 aromatic carbocycles. The fourth-order valence-electron chi connectivity index (χ4n) is 2.46. The van der Waals surface area contributed by atoms with E-state index in [9.17, 15) is 0 Å². The molecular formula is C17H28IN3O. The third kappa shape index (κ3) is 6.02. The molecule has 5 heteroatoms. The van der Waals surface area contributed by atoms with E-state index < -0.39 is 0 Å². The number of benzene rings is 1. The van der Waals surface area contributed by atoms with Crippen molar-refractivity contribution in [2.24, 2.45) is 4.99 Å². The molecule has 1 aromatic rings. The Morgan fingerprint density at radius 3 is 2.50 bits per heavy atom. The van der Waals surface area contributed by atoms with Crippen LogP contribution in [0.25, 0.3) is 0 Å². The molecule has 124 valence electrons. The van der Waals surface area contributed by atoms with Crippen LogP contribution in [0, 0.1) is 6.92 Å². The van der Waals surface area contributed by atoms with E-state index in [0.29, 0.717) is 6.54 Å². The molecule has 1 unspecified atom stereocenters. The number of ether oxygens (including phenoxy) is 1. The van der Waals surface area contributed by atoms with Gasteiger partial charge in [-0.25, -0.2) is 4.99 Å². The van der Waals surface area contributed by atoms with Crippen LogP contribution in [0.1, 0.15) is 32.3 Å². The van der Waals surface area contributed by atoms with Crippen molar-refractivity contribution in [3.8, 4) is 5.75 Å². The number of aliphatic imine (C=N–C) groups is 1. The van der Waals surface area contributed by atoms with Crippen LogP contribution < -0.4 is 10.1 Å².